The molecular weight excluding hydrogens is 258 g/mol. The highest BCUT2D eigenvalue weighted by Gasteiger charge is 2.03. The summed E-state index contributed by atoms with van der Waals surface area (Å²) < 4.78 is 5.00. The zero-order valence-corrected chi connectivity index (χ0v) is 11.4. The molecule has 0 fully saturated rings. The van der Waals surface area contributed by atoms with Crippen molar-refractivity contribution in [2.24, 2.45) is 0 Å². The van der Waals surface area contributed by atoms with Gasteiger partial charge in [0, 0.05) is 24.5 Å². The van der Waals surface area contributed by atoms with Crippen molar-refractivity contribution >= 4 is 23.3 Å². The van der Waals surface area contributed by atoms with Crippen LogP contribution < -0.4 is 16.0 Å². The van der Waals surface area contributed by atoms with E-state index in [4.69, 9.17) is 4.74 Å². The van der Waals surface area contributed by atoms with Gasteiger partial charge in [-0.05, 0) is 31.2 Å². The molecule has 1 rings (SSSR count). The van der Waals surface area contributed by atoms with Gasteiger partial charge in [-0.3, -0.25) is 4.79 Å². The lowest BCUT2D eigenvalue weighted by molar-refractivity contribution is -0.120. The fraction of sp³-hybridized carbons (Fsp3) is 0.286. The molecule has 6 nitrogen and oxygen atoms in total. The third-order valence-electron chi connectivity index (χ3n) is 2.27. The molecule has 0 aliphatic carbocycles. The van der Waals surface area contributed by atoms with Crippen molar-refractivity contribution in [2.75, 3.05) is 30.4 Å². The molecule has 0 aliphatic rings. The van der Waals surface area contributed by atoms with Gasteiger partial charge in [0.1, 0.15) is 6.61 Å². The first-order valence-electron chi connectivity index (χ1n) is 6.29. The van der Waals surface area contributed by atoms with Crippen LogP contribution in [-0.4, -0.2) is 31.7 Å². The van der Waals surface area contributed by atoms with E-state index in [1.807, 2.05) is 6.92 Å². The van der Waals surface area contributed by atoms with Gasteiger partial charge in [0.05, 0.1) is 0 Å². The van der Waals surface area contributed by atoms with Crippen LogP contribution in [0.3, 0.4) is 0 Å². The molecule has 1 aromatic rings. The number of urea groups is 1. The van der Waals surface area contributed by atoms with E-state index in [1.165, 1.54) is 0 Å². The van der Waals surface area contributed by atoms with Gasteiger partial charge < -0.3 is 20.7 Å². The molecule has 0 saturated heterocycles. The molecule has 0 saturated carbocycles. The van der Waals surface area contributed by atoms with E-state index in [9.17, 15) is 9.59 Å². The summed E-state index contributed by atoms with van der Waals surface area (Å²) in [5.74, 6) is -0.212. The van der Waals surface area contributed by atoms with Crippen molar-refractivity contribution < 1.29 is 14.3 Å². The minimum Gasteiger partial charge on any atom is -0.372 e. The number of carbonyl (C=O) groups excluding carboxylic acids is 2. The molecule has 20 heavy (non-hydrogen) atoms. The molecule has 0 atom stereocenters. The summed E-state index contributed by atoms with van der Waals surface area (Å²) >= 11 is 0. The molecule has 0 unspecified atom stereocenters. The molecule has 3 amide bonds. The number of ether oxygens (including phenoxy) is 1. The third-order valence-corrected chi connectivity index (χ3v) is 2.27. The molecular formula is C14H19N3O3. The van der Waals surface area contributed by atoms with Crippen LogP contribution in [0, 0.1) is 0 Å². The smallest absolute Gasteiger partial charge is 0.319 e. The summed E-state index contributed by atoms with van der Waals surface area (Å²) in [5.41, 5.74) is 1.28. The predicted molar refractivity (Wildman–Crippen MR) is 78.8 cm³/mol. The van der Waals surface area contributed by atoms with Crippen LogP contribution in [0.2, 0.25) is 0 Å². The zero-order valence-electron chi connectivity index (χ0n) is 11.4. The van der Waals surface area contributed by atoms with Crippen LogP contribution >= 0.6 is 0 Å². The van der Waals surface area contributed by atoms with E-state index in [1.54, 1.807) is 30.3 Å². The Morgan fingerprint density at radius 2 is 1.80 bits per heavy atom. The highest BCUT2D eigenvalue weighted by molar-refractivity contribution is 5.93. The van der Waals surface area contributed by atoms with Gasteiger partial charge in [0.15, 0.2) is 0 Å². The van der Waals surface area contributed by atoms with E-state index >= 15 is 0 Å². The average Bonchev–Trinajstić information content (AvgIpc) is 2.45. The molecule has 6 heteroatoms. The highest BCUT2D eigenvalue weighted by Crippen LogP contribution is 2.13. The molecule has 0 bridgehead atoms. The second-order valence-electron chi connectivity index (χ2n) is 3.89. The van der Waals surface area contributed by atoms with Crippen LogP contribution in [0.4, 0.5) is 16.2 Å². The lowest BCUT2D eigenvalue weighted by Crippen LogP contribution is -2.28. The number of carbonyl (C=O) groups is 2. The molecule has 0 spiro atoms. The van der Waals surface area contributed by atoms with Gasteiger partial charge >= 0.3 is 6.03 Å². The fourth-order valence-corrected chi connectivity index (χ4v) is 1.37. The van der Waals surface area contributed by atoms with Gasteiger partial charge in [-0.25, -0.2) is 4.79 Å². The fourth-order valence-electron chi connectivity index (χ4n) is 1.37. The Kier molecular flexibility index (Phi) is 6.84. The van der Waals surface area contributed by atoms with Crippen LogP contribution in [0.1, 0.15) is 6.92 Å². The van der Waals surface area contributed by atoms with Crippen LogP contribution in [-0.2, 0) is 9.53 Å². The van der Waals surface area contributed by atoms with Crippen LogP contribution in [0.25, 0.3) is 0 Å². The lowest BCUT2D eigenvalue weighted by Gasteiger charge is -2.08. The summed E-state index contributed by atoms with van der Waals surface area (Å²) in [6.07, 6.45) is 1.59. The predicted octanol–water partition coefficient (Wildman–Crippen LogP) is 1.97. The molecule has 108 valence electrons. The molecule has 0 radical (unpaired) electrons. The maximum atomic E-state index is 11.4. The first-order valence-corrected chi connectivity index (χ1v) is 6.29. The van der Waals surface area contributed by atoms with Crippen molar-refractivity contribution in [3.05, 3.63) is 36.9 Å². The van der Waals surface area contributed by atoms with Crippen molar-refractivity contribution in [3.8, 4) is 0 Å². The number of amides is 3. The molecule has 0 aliphatic heterocycles. The SMILES string of the molecule is C=CCNC(=O)Nc1ccc(NC(=O)COCC)cc1. The normalized spacial score (nSPS) is 9.65. The van der Waals surface area contributed by atoms with E-state index < -0.39 is 0 Å². The van der Waals surface area contributed by atoms with E-state index in [2.05, 4.69) is 22.5 Å². The highest BCUT2D eigenvalue weighted by atomic mass is 16.5. The van der Waals surface area contributed by atoms with Crippen molar-refractivity contribution in [1.82, 2.24) is 5.32 Å². The summed E-state index contributed by atoms with van der Waals surface area (Å²) in [7, 11) is 0. The quantitative estimate of drug-likeness (QED) is 0.667. The first-order chi connectivity index (χ1) is 9.65. The van der Waals surface area contributed by atoms with E-state index in [0.29, 0.717) is 24.5 Å². The van der Waals surface area contributed by atoms with Gasteiger partial charge in [-0.2, -0.15) is 0 Å². The molecule has 3 N–H and O–H groups in total. The summed E-state index contributed by atoms with van der Waals surface area (Å²) in [5, 5.41) is 7.94. The molecule has 1 aromatic carbocycles. The Morgan fingerprint density at radius 1 is 1.20 bits per heavy atom. The minimum atomic E-state index is -0.307. The molecule has 0 aromatic heterocycles. The Morgan fingerprint density at radius 3 is 2.35 bits per heavy atom. The van der Waals surface area contributed by atoms with Gasteiger partial charge in [-0.15, -0.1) is 6.58 Å². The molecule has 0 heterocycles. The first kappa shape index (κ1) is 15.7. The topological polar surface area (TPSA) is 79.5 Å². The number of anilines is 2. The Balaban J connectivity index is 2.45. The Hall–Kier alpha value is -2.34. The van der Waals surface area contributed by atoms with E-state index in [0.717, 1.165) is 0 Å². The summed E-state index contributed by atoms with van der Waals surface area (Å²) in [4.78, 5) is 22.8. The van der Waals surface area contributed by atoms with Crippen molar-refractivity contribution in [2.45, 2.75) is 6.92 Å². The minimum absolute atomic E-state index is 0.0282. The number of nitrogens with one attached hydrogen (secondary N) is 3. The van der Waals surface area contributed by atoms with Gasteiger partial charge in [0.25, 0.3) is 0 Å². The summed E-state index contributed by atoms with van der Waals surface area (Å²) in [6, 6.07) is 6.49. The average molecular weight is 277 g/mol. The third kappa shape index (κ3) is 6.01. The van der Waals surface area contributed by atoms with Crippen LogP contribution in [0.5, 0.6) is 0 Å². The lowest BCUT2D eigenvalue weighted by atomic mass is 10.3. The van der Waals surface area contributed by atoms with Crippen molar-refractivity contribution in [3.63, 3.8) is 0 Å². The monoisotopic (exact) mass is 277 g/mol. The van der Waals surface area contributed by atoms with E-state index in [-0.39, 0.29) is 18.5 Å². The number of hydrogen-bond acceptors (Lipinski definition) is 3. The second-order valence-corrected chi connectivity index (χ2v) is 3.89. The van der Waals surface area contributed by atoms with Crippen molar-refractivity contribution in [1.29, 1.82) is 0 Å². The standard InChI is InChI=1S/C14H19N3O3/c1-3-9-15-14(19)17-12-7-5-11(6-8-12)16-13(18)10-20-4-2/h3,5-8H,1,4,9-10H2,2H3,(H,16,18)(H2,15,17,19). The van der Waals surface area contributed by atoms with Crippen LogP contribution in [0.15, 0.2) is 36.9 Å². The maximum Gasteiger partial charge on any atom is 0.319 e. The van der Waals surface area contributed by atoms with Gasteiger partial charge in [0.2, 0.25) is 5.91 Å². The second kappa shape index (κ2) is 8.71. The number of hydrogen-bond donors (Lipinski definition) is 3. The maximum absolute atomic E-state index is 11.4. The van der Waals surface area contributed by atoms with Gasteiger partial charge in [-0.1, -0.05) is 6.08 Å². The Bertz CT molecular complexity index is 457. The Labute approximate surface area is 118 Å². The summed E-state index contributed by atoms with van der Waals surface area (Å²) in [6.45, 7) is 6.26. The zero-order chi connectivity index (χ0) is 14.8. The largest absolute Gasteiger partial charge is 0.372 e. The number of rotatable bonds is 7. The number of benzene rings is 1.